The van der Waals surface area contributed by atoms with E-state index >= 15 is 0 Å². The van der Waals surface area contributed by atoms with Gasteiger partial charge in [-0.1, -0.05) is 54.8 Å². The number of unbranched alkanes of at least 4 members (excludes halogenated alkanes) is 1. The monoisotopic (exact) mass is 495 g/mol. The summed E-state index contributed by atoms with van der Waals surface area (Å²) in [6, 6.07) is 14.1. The molecule has 0 saturated carbocycles. The van der Waals surface area contributed by atoms with Crippen LogP contribution in [0.15, 0.2) is 58.4 Å². The van der Waals surface area contributed by atoms with Gasteiger partial charge in [0.15, 0.2) is 11.9 Å². The Morgan fingerprint density at radius 2 is 1.97 bits per heavy atom. The smallest absolute Gasteiger partial charge is 0.265 e. The van der Waals surface area contributed by atoms with Gasteiger partial charge in [-0.3, -0.25) is 10.2 Å². The average Bonchev–Trinajstić information content (AvgIpc) is 3.36. The molecular formula is C27H34ClN5O2. The predicted octanol–water partition coefficient (Wildman–Crippen LogP) is 5.35. The van der Waals surface area contributed by atoms with Crippen LogP contribution in [0.25, 0.3) is 0 Å². The van der Waals surface area contributed by atoms with E-state index in [0.717, 1.165) is 64.9 Å². The van der Waals surface area contributed by atoms with E-state index in [-0.39, 0.29) is 11.9 Å². The SMILES string of the molecule is CCCCC(Oc1ccc(C)cc1C)C(=O)Nc1ccc(CCC2=NNC3=C(Cl)C(C)NN23)cc1. The molecule has 2 aliphatic rings. The van der Waals surface area contributed by atoms with Crippen molar-refractivity contribution < 1.29 is 9.53 Å². The van der Waals surface area contributed by atoms with Crippen LogP contribution in [-0.4, -0.2) is 28.9 Å². The molecule has 0 saturated heterocycles. The first-order chi connectivity index (χ1) is 16.9. The maximum atomic E-state index is 13.1. The number of nitrogens with zero attached hydrogens (tertiary/aromatic N) is 2. The molecule has 3 N–H and O–H groups in total. The second-order valence-corrected chi connectivity index (χ2v) is 9.63. The van der Waals surface area contributed by atoms with Crippen molar-refractivity contribution in [3.63, 3.8) is 0 Å². The van der Waals surface area contributed by atoms with Crippen LogP contribution < -0.4 is 20.9 Å². The van der Waals surface area contributed by atoms with Crippen LogP contribution in [0, 0.1) is 13.8 Å². The van der Waals surface area contributed by atoms with Crippen molar-refractivity contribution in [1.82, 2.24) is 15.9 Å². The largest absolute Gasteiger partial charge is 0.480 e. The third-order valence-corrected chi connectivity index (χ3v) is 6.78. The van der Waals surface area contributed by atoms with E-state index in [0.29, 0.717) is 6.42 Å². The van der Waals surface area contributed by atoms with Crippen molar-refractivity contribution >= 4 is 29.0 Å². The van der Waals surface area contributed by atoms with Gasteiger partial charge in [-0.05, 0) is 69.4 Å². The van der Waals surface area contributed by atoms with Crippen LogP contribution in [0.4, 0.5) is 5.69 Å². The molecule has 2 atom stereocenters. The van der Waals surface area contributed by atoms with Gasteiger partial charge in [0, 0.05) is 12.1 Å². The molecule has 2 aromatic carbocycles. The first-order valence-corrected chi connectivity index (χ1v) is 12.7. The molecule has 0 spiro atoms. The van der Waals surface area contributed by atoms with Crippen molar-refractivity contribution in [3.8, 4) is 5.75 Å². The van der Waals surface area contributed by atoms with E-state index in [1.54, 1.807) is 0 Å². The molecule has 0 bridgehead atoms. The fourth-order valence-electron chi connectivity index (χ4n) is 4.22. The van der Waals surface area contributed by atoms with Gasteiger partial charge in [0.1, 0.15) is 11.6 Å². The first kappa shape index (κ1) is 25.1. The highest BCUT2D eigenvalue weighted by Crippen LogP contribution is 2.27. The van der Waals surface area contributed by atoms with Crippen LogP contribution in [0.3, 0.4) is 0 Å². The van der Waals surface area contributed by atoms with E-state index in [2.05, 4.69) is 34.3 Å². The summed E-state index contributed by atoms with van der Waals surface area (Å²) in [4.78, 5) is 13.1. The van der Waals surface area contributed by atoms with Crippen LogP contribution in [0.1, 0.15) is 56.2 Å². The van der Waals surface area contributed by atoms with Gasteiger partial charge in [0.2, 0.25) is 0 Å². The van der Waals surface area contributed by atoms with Crippen molar-refractivity contribution in [2.24, 2.45) is 5.10 Å². The van der Waals surface area contributed by atoms with Crippen LogP contribution in [0.2, 0.25) is 0 Å². The highest BCUT2D eigenvalue weighted by atomic mass is 35.5. The van der Waals surface area contributed by atoms with Crippen molar-refractivity contribution in [3.05, 3.63) is 70.0 Å². The lowest BCUT2D eigenvalue weighted by Gasteiger charge is -2.20. The molecule has 0 aliphatic carbocycles. The molecule has 35 heavy (non-hydrogen) atoms. The van der Waals surface area contributed by atoms with Crippen LogP contribution in [0.5, 0.6) is 5.75 Å². The molecule has 186 valence electrons. The number of hydrazone groups is 1. The molecule has 1 amide bonds. The van der Waals surface area contributed by atoms with Gasteiger partial charge in [0.25, 0.3) is 5.91 Å². The maximum Gasteiger partial charge on any atom is 0.265 e. The quantitative estimate of drug-likeness (QED) is 0.414. The van der Waals surface area contributed by atoms with Gasteiger partial charge in [-0.15, -0.1) is 0 Å². The Balaban J connectivity index is 1.33. The number of fused-ring (bicyclic) bond motifs is 1. The number of carbonyl (C=O) groups excluding carboxylic acids is 1. The number of hydrogen-bond donors (Lipinski definition) is 3. The van der Waals surface area contributed by atoms with Crippen molar-refractivity contribution in [2.45, 2.75) is 71.9 Å². The Bertz CT molecular complexity index is 1130. The normalized spacial score (nSPS) is 17.7. The molecular weight excluding hydrogens is 462 g/mol. The number of hydrogen-bond acceptors (Lipinski definition) is 6. The maximum absolute atomic E-state index is 13.1. The molecule has 4 rings (SSSR count). The summed E-state index contributed by atoms with van der Waals surface area (Å²) < 4.78 is 6.15. The van der Waals surface area contributed by atoms with Gasteiger partial charge in [-0.2, -0.15) is 5.10 Å². The molecule has 7 nitrogen and oxygen atoms in total. The van der Waals surface area contributed by atoms with Gasteiger partial charge >= 0.3 is 0 Å². The summed E-state index contributed by atoms with van der Waals surface area (Å²) in [5.74, 6) is 2.35. The van der Waals surface area contributed by atoms with E-state index in [9.17, 15) is 4.79 Å². The lowest BCUT2D eigenvalue weighted by Crippen LogP contribution is -2.39. The number of ether oxygens (including phenoxy) is 1. The van der Waals surface area contributed by atoms with Crippen LogP contribution >= 0.6 is 11.6 Å². The summed E-state index contributed by atoms with van der Waals surface area (Å²) in [7, 11) is 0. The lowest BCUT2D eigenvalue weighted by atomic mass is 10.1. The van der Waals surface area contributed by atoms with Crippen molar-refractivity contribution in [2.75, 3.05) is 5.32 Å². The van der Waals surface area contributed by atoms with E-state index in [1.165, 1.54) is 5.56 Å². The van der Waals surface area contributed by atoms with Crippen molar-refractivity contribution in [1.29, 1.82) is 0 Å². The number of anilines is 1. The number of amidine groups is 1. The Kier molecular flexibility index (Phi) is 7.98. The third kappa shape index (κ3) is 5.97. The average molecular weight is 496 g/mol. The minimum absolute atomic E-state index is 0.0765. The number of rotatable bonds is 10. The molecule has 2 aromatic rings. The summed E-state index contributed by atoms with van der Waals surface area (Å²) in [6.07, 6.45) is 3.65. The number of carbonyl (C=O) groups is 1. The molecule has 0 radical (unpaired) electrons. The fourth-order valence-corrected chi connectivity index (χ4v) is 4.40. The number of hydrazine groups is 1. The lowest BCUT2D eigenvalue weighted by molar-refractivity contribution is -0.123. The van der Waals surface area contributed by atoms with Gasteiger partial charge in [0.05, 0.1) is 11.1 Å². The Morgan fingerprint density at radius 3 is 2.69 bits per heavy atom. The Labute approximate surface area is 212 Å². The third-order valence-electron chi connectivity index (χ3n) is 6.27. The summed E-state index contributed by atoms with van der Waals surface area (Å²) in [5.41, 5.74) is 10.4. The van der Waals surface area contributed by atoms with E-state index in [4.69, 9.17) is 16.3 Å². The second-order valence-electron chi connectivity index (χ2n) is 9.23. The fraction of sp³-hybridized carbons (Fsp3) is 0.407. The zero-order valence-corrected chi connectivity index (χ0v) is 21.6. The Hall–Kier alpha value is -3.03. The minimum atomic E-state index is -0.534. The number of halogens is 1. The molecule has 2 aliphatic heterocycles. The summed E-state index contributed by atoms with van der Waals surface area (Å²) in [5, 5.41) is 10.1. The number of aryl methyl sites for hydroxylation is 3. The second kappa shape index (κ2) is 11.1. The number of amides is 1. The molecule has 2 heterocycles. The Morgan fingerprint density at radius 1 is 1.20 bits per heavy atom. The minimum Gasteiger partial charge on any atom is -0.480 e. The highest BCUT2D eigenvalue weighted by molar-refractivity contribution is 6.31. The molecule has 0 aromatic heterocycles. The predicted molar refractivity (Wildman–Crippen MR) is 141 cm³/mol. The zero-order chi connectivity index (χ0) is 24.9. The van der Waals surface area contributed by atoms with E-state index < -0.39 is 6.10 Å². The van der Waals surface area contributed by atoms with Gasteiger partial charge in [-0.25, -0.2) is 10.4 Å². The summed E-state index contributed by atoms with van der Waals surface area (Å²) >= 11 is 6.31. The molecule has 0 fully saturated rings. The number of nitrogens with one attached hydrogen (secondary N) is 3. The molecule has 2 unspecified atom stereocenters. The number of benzene rings is 2. The topological polar surface area (TPSA) is 78.0 Å². The first-order valence-electron chi connectivity index (χ1n) is 12.3. The molecule has 8 heteroatoms. The van der Waals surface area contributed by atoms with E-state index in [1.807, 2.05) is 62.2 Å². The highest BCUT2D eigenvalue weighted by Gasteiger charge is 2.33. The van der Waals surface area contributed by atoms with Gasteiger partial charge < -0.3 is 10.1 Å². The zero-order valence-electron chi connectivity index (χ0n) is 20.8. The van der Waals surface area contributed by atoms with Crippen LogP contribution in [-0.2, 0) is 11.2 Å². The summed E-state index contributed by atoms with van der Waals surface area (Å²) in [6.45, 7) is 8.19. The standard InChI is InChI=1S/C27H34ClN5O2/c1-5-6-7-23(35-22-14-8-17(2)16-18(22)3)27(34)29-21-12-9-20(10-13-21)11-15-24-30-31-26-25(28)19(4)32-33(24)26/h8-10,12-14,16,19,23,31-32H,5-7,11,15H2,1-4H3,(H,29,34).